The summed E-state index contributed by atoms with van der Waals surface area (Å²) in [6.07, 6.45) is 0.910. The summed E-state index contributed by atoms with van der Waals surface area (Å²) in [6, 6.07) is 13.9. The lowest BCUT2D eigenvalue weighted by Crippen LogP contribution is -2.07. The molecule has 0 bridgehead atoms. The maximum atomic E-state index is 6.24. The van der Waals surface area contributed by atoms with Gasteiger partial charge in [0.15, 0.2) is 11.5 Å². The molecule has 0 amide bonds. The Kier molecular flexibility index (Phi) is 4.20. The first-order valence-corrected chi connectivity index (χ1v) is 7.52. The zero-order valence-corrected chi connectivity index (χ0v) is 12.7. The Hall–Kier alpha value is -1.87. The van der Waals surface area contributed by atoms with Crippen molar-refractivity contribution in [2.45, 2.75) is 19.4 Å². The quantitative estimate of drug-likeness (QED) is 0.893. The van der Waals surface area contributed by atoms with Gasteiger partial charge in [-0.05, 0) is 30.7 Å². The molecule has 0 aliphatic carbocycles. The minimum atomic E-state index is 0.114. The molecule has 1 aliphatic heterocycles. The highest BCUT2D eigenvalue weighted by molar-refractivity contribution is 6.31. The van der Waals surface area contributed by atoms with Crippen LogP contribution < -0.4 is 14.8 Å². The predicted octanol–water partition coefficient (Wildman–Crippen LogP) is 4.67. The number of anilines is 1. The van der Waals surface area contributed by atoms with E-state index < -0.39 is 0 Å². The molecule has 1 unspecified atom stereocenters. The van der Waals surface area contributed by atoms with Gasteiger partial charge in [0.1, 0.15) is 0 Å². The molecule has 0 spiro atoms. The zero-order valence-electron chi connectivity index (χ0n) is 11.9. The van der Waals surface area contributed by atoms with E-state index in [2.05, 4.69) is 12.2 Å². The first kappa shape index (κ1) is 14.1. The zero-order chi connectivity index (χ0) is 14.7. The Morgan fingerprint density at radius 3 is 2.62 bits per heavy atom. The number of halogens is 1. The monoisotopic (exact) mass is 303 g/mol. The summed E-state index contributed by atoms with van der Waals surface area (Å²) < 4.78 is 11.3. The highest BCUT2D eigenvalue weighted by atomic mass is 35.5. The van der Waals surface area contributed by atoms with Crippen LogP contribution in [0.1, 0.15) is 24.9 Å². The van der Waals surface area contributed by atoms with Crippen LogP contribution in [0.5, 0.6) is 11.5 Å². The molecule has 4 heteroatoms. The van der Waals surface area contributed by atoms with E-state index in [-0.39, 0.29) is 6.04 Å². The van der Waals surface area contributed by atoms with E-state index in [4.69, 9.17) is 21.1 Å². The minimum Gasteiger partial charge on any atom is -0.490 e. The molecule has 110 valence electrons. The molecular formula is C17H18ClNO2. The maximum Gasteiger partial charge on any atom is 0.163 e. The van der Waals surface area contributed by atoms with Crippen molar-refractivity contribution in [3.05, 3.63) is 53.1 Å². The fourth-order valence-electron chi connectivity index (χ4n) is 2.41. The molecule has 2 aromatic carbocycles. The van der Waals surface area contributed by atoms with Crippen LogP contribution in [0.15, 0.2) is 42.5 Å². The first-order chi connectivity index (χ1) is 10.2. The van der Waals surface area contributed by atoms with E-state index in [0.717, 1.165) is 34.2 Å². The number of rotatable bonds is 3. The topological polar surface area (TPSA) is 30.5 Å². The summed E-state index contributed by atoms with van der Waals surface area (Å²) in [7, 11) is 0. The van der Waals surface area contributed by atoms with Gasteiger partial charge in [0, 0.05) is 29.2 Å². The van der Waals surface area contributed by atoms with E-state index in [1.807, 2.05) is 42.5 Å². The number of benzene rings is 2. The molecular weight excluding hydrogens is 286 g/mol. The van der Waals surface area contributed by atoms with Crippen molar-refractivity contribution in [3.8, 4) is 11.5 Å². The van der Waals surface area contributed by atoms with Gasteiger partial charge in [-0.15, -0.1) is 0 Å². The molecule has 21 heavy (non-hydrogen) atoms. The molecule has 3 nitrogen and oxygen atoms in total. The molecule has 1 N–H and O–H groups in total. The Balaban J connectivity index is 1.79. The second kappa shape index (κ2) is 6.27. The van der Waals surface area contributed by atoms with Crippen LogP contribution in [0.3, 0.4) is 0 Å². The van der Waals surface area contributed by atoms with E-state index >= 15 is 0 Å². The van der Waals surface area contributed by atoms with Gasteiger partial charge in [-0.2, -0.15) is 0 Å². The maximum absolute atomic E-state index is 6.24. The Morgan fingerprint density at radius 2 is 1.81 bits per heavy atom. The molecule has 2 aromatic rings. The average molecular weight is 304 g/mol. The van der Waals surface area contributed by atoms with Crippen molar-refractivity contribution >= 4 is 17.3 Å². The van der Waals surface area contributed by atoms with Crippen molar-refractivity contribution in [2.24, 2.45) is 0 Å². The summed E-state index contributed by atoms with van der Waals surface area (Å²) in [4.78, 5) is 0. The van der Waals surface area contributed by atoms with Crippen LogP contribution in [0.4, 0.5) is 5.69 Å². The highest BCUT2D eigenvalue weighted by Gasteiger charge is 2.13. The van der Waals surface area contributed by atoms with E-state index in [1.54, 1.807) is 0 Å². The smallest absolute Gasteiger partial charge is 0.163 e. The summed E-state index contributed by atoms with van der Waals surface area (Å²) in [5.41, 5.74) is 2.07. The lowest BCUT2D eigenvalue weighted by atomic mass is 10.1. The molecule has 0 saturated carbocycles. The van der Waals surface area contributed by atoms with Gasteiger partial charge in [0.25, 0.3) is 0 Å². The van der Waals surface area contributed by atoms with Crippen molar-refractivity contribution < 1.29 is 9.47 Å². The largest absolute Gasteiger partial charge is 0.490 e. The first-order valence-electron chi connectivity index (χ1n) is 7.14. The van der Waals surface area contributed by atoms with Crippen LogP contribution in [0, 0.1) is 0 Å². The van der Waals surface area contributed by atoms with Gasteiger partial charge in [-0.3, -0.25) is 0 Å². The standard InChI is InChI=1S/C17H18ClNO2/c1-12(14-5-2-3-6-15(14)18)19-13-7-8-16-17(11-13)21-10-4-9-20-16/h2-3,5-8,11-12,19H,4,9-10H2,1H3. The molecule has 1 heterocycles. The molecule has 0 saturated heterocycles. The van der Waals surface area contributed by atoms with Crippen LogP contribution in [-0.2, 0) is 0 Å². The van der Waals surface area contributed by atoms with Gasteiger partial charge >= 0.3 is 0 Å². The van der Waals surface area contributed by atoms with Gasteiger partial charge in [0.05, 0.1) is 13.2 Å². The third-order valence-electron chi connectivity index (χ3n) is 3.50. The van der Waals surface area contributed by atoms with Crippen molar-refractivity contribution in [1.82, 2.24) is 0 Å². The fraction of sp³-hybridized carbons (Fsp3) is 0.294. The van der Waals surface area contributed by atoms with Gasteiger partial charge in [-0.25, -0.2) is 0 Å². The third kappa shape index (κ3) is 3.24. The van der Waals surface area contributed by atoms with Gasteiger partial charge < -0.3 is 14.8 Å². The molecule has 0 fully saturated rings. The van der Waals surface area contributed by atoms with Gasteiger partial charge in [0.2, 0.25) is 0 Å². The number of fused-ring (bicyclic) bond motifs is 1. The second-order valence-corrected chi connectivity index (χ2v) is 5.51. The Bertz CT molecular complexity index is 630. The summed E-state index contributed by atoms with van der Waals surface area (Å²) in [5.74, 6) is 1.60. The third-order valence-corrected chi connectivity index (χ3v) is 3.85. The SMILES string of the molecule is CC(Nc1ccc2c(c1)OCCCO2)c1ccccc1Cl. The number of nitrogens with one attached hydrogen (secondary N) is 1. The van der Waals surface area contributed by atoms with E-state index in [0.29, 0.717) is 13.2 Å². The normalized spacial score (nSPS) is 15.1. The molecule has 0 radical (unpaired) electrons. The van der Waals surface area contributed by atoms with E-state index in [9.17, 15) is 0 Å². The summed E-state index contributed by atoms with van der Waals surface area (Å²) in [5, 5.41) is 4.22. The van der Waals surface area contributed by atoms with Crippen LogP contribution in [0.2, 0.25) is 5.02 Å². The van der Waals surface area contributed by atoms with Crippen molar-refractivity contribution in [2.75, 3.05) is 18.5 Å². The average Bonchev–Trinajstić information content (AvgIpc) is 2.72. The predicted molar refractivity (Wildman–Crippen MR) is 85.5 cm³/mol. The number of hydrogen-bond donors (Lipinski definition) is 1. The van der Waals surface area contributed by atoms with Crippen LogP contribution in [0.25, 0.3) is 0 Å². The molecule has 1 aliphatic rings. The van der Waals surface area contributed by atoms with E-state index in [1.165, 1.54) is 0 Å². The van der Waals surface area contributed by atoms with Gasteiger partial charge in [-0.1, -0.05) is 29.8 Å². The Labute approximate surface area is 129 Å². The minimum absolute atomic E-state index is 0.114. The molecule has 3 rings (SSSR count). The fourth-order valence-corrected chi connectivity index (χ4v) is 2.71. The van der Waals surface area contributed by atoms with Crippen LogP contribution >= 0.6 is 11.6 Å². The van der Waals surface area contributed by atoms with Crippen molar-refractivity contribution in [3.63, 3.8) is 0 Å². The lowest BCUT2D eigenvalue weighted by molar-refractivity contribution is 0.297. The number of ether oxygens (including phenoxy) is 2. The summed E-state index contributed by atoms with van der Waals surface area (Å²) in [6.45, 7) is 3.48. The molecule has 1 atom stereocenters. The van der Waals surface area contributed by atoms with Crippen LogP contribution in [-0.4, -0.2) is 13.2 Å². The summed E-state index contributed by atoms with van der Waals surface area (Å²) >= 11 is 6.24. The molecule has 0 aromatic heterocycles. The number of hydrogen-bond acceptors (Lipinski definition) is 3. The van der Waals surface area contributed by atoms with Crippen molar-refractivity contribution in [1.29, 1.82) is 0 Å². The Morgan fingerprint density at radius 1 is 1.05 bits per heavy atom. The second-order valence-electron chi connectivity index (χ2n) is 5.10. The highest BCUT2D eigenvalue weighted by Crippen LogP contribution is 2.34. The lowest BCUT2D eigenvalue weighted by Gasteiger charge is -2.18.